The number of aromatic amines is 1. The van der Waals surface area contributed by atoms with Gasteiger partial charge in [-0.25, -0.2) is 0 Å². The smallest absolute Gasteiger partial charge is 0.250 e. The molecule has 1 aromatic heterocycles. The van der Waals surface area contributed by atoms with E-state index in [1.165, 1.54) is 0 Å². The van der Waals surface area contributed by atoms with Crippen LogP contribution >= 0.6 is 0 Å². The Morgan fingerprint density at radius 2 is 2.28 bits per heavy atom. The van der Waals surface area contributed by atoms with Crippen LogP contribution in [0, 0.1) is 17.2 Å². The highest BCUT2D eigenvalue weighted by Crippen LogP contribution is 2.48. The van der Waals surface area contributed by atoms with Crippen LogP contribution in [-0.2, 0) is 0 Å². The fraction of sp³-hybridized carbons (Fsp3) is 0.286. The van der Waals surface area contributed by atoms with Gasteiger partial charge in [0.15, 0.2) is 0 Å². The summed E-state index contributed by atoms with van der Waals surface area (Å²) in [7, 11) is 0. The number of para-hydroxylation sites is 1. The largest absolute Gasteiger partial charge is 0.366 e. The molecule has 0 radical (unpaired) electrons. The van der Waals surface area contributed by atoms with Gasteiger partial charge in [-0.05, 0) is 18.4 Å². The molecule has 3 rings (SSSR count). The van der Waals surface area contributed by atoms with Gasteiger partial charge in [-0.3, -0.25) is 4.79 Å². The van der Waals surface area contributed by atoms with Gasteiger partial charge in [0.1, 0.15) is 6.07 Å². The minimum Gasteiger partial charge on any atom is -0.366 e. The Labute approximate surface area is 104 Å². The topological polar surface area (TPSA) is 82.7 Å². The number of nitrogens with two attached hydrogens (primary N) is 1. The molecule has 90 valence electrons. The third-order valence-electron chi connectivity index (χ3n) is 3.72. The minimum atomic E-state index is -0.471. The number of H-pyrrole nitrogens is 1. The second-order valence-corrected chi connectivity index (χ2v) is 4.94. The van der Waals surface area contributed by atoms with Gasteiger partial charge in [0.2, 0.25) is 0 Å². The van der Waals surface area contributed by atoms with Crippen molar-refractivity contribution in [3.63, 3.8) is 0 Å². The fourth-order valence-electron chi connectivity index (χ4n) is 2.57. The quantitative estimate of drug-likeness (QED) is 0.842. The van der Waals surface area contributed by atoms with E-state index in [1.807, 2.05) is 6.07 Å². The molecule has 0 aliphatic heterocycles. The molecule has 1 heterocycles. The summed E-state index contributed by atoms with van der Waals surface area (Å²) in [5.74, 6) is 0.539. The number of carbonyl (C=O) groups is 1. The lowest BCUT2D eigenvalue weighted by Gasteiger charge is -1.96. The van der Waals surface area contributed by atoms with Crippen LogP contribution in [0.5, 0.6) is 0 Å². The van der Waals surface area contributed by atoms with Crippen LogP contribution in [0.25, 0.3) is 10.9 Å². The molecule has 3 N–H and O–H groups in total. The monoisotopic (exact) mass is 239 g/mol. The van der Waals surface area contributed by atoms with E-state index in [9.17, 15) is 10.1 Å². The molecular formula is C14H13N3O. The number of hydrogen-bond acceptors (Lipinski definition) is 2. The summed E-state index contributed by atoms with van der Waals surface area (Å²) in [5.41, 5.74) is 8.10. The number of amides is 1. The molecule has 2 atom stereocenters. The molecule has 1 saturated carbocycles. The number of aromatic nitrogens is 1. The van der Waals surface area contributed by atoms with E-state index in [0.717, 1.165) is 17.5 Å². The van der Waals surface area contributed by atoms with Gasteiger partial charge >= 0.3 is 0 Å². The third-order valence-corrected chi connectivity index (χ3v) is 3.72. The van der Waals surface area contributed by atoms with Crippen molar-refractivity contribution in [2.75, 3.05) is 0 Å². The van der Waals surface area contributed by atoms with Crippen LogP contribution in [0.3, 0.4) is 0 Å². The average Bonchev–Trinajstić information content (AvgIpc) is 2.95. The van der Waals surface area contributed by atoms with Crippen LogP contribution in [-0.4, -0.2) is 10.9 Å². The van der Waals surface area contributed by atoms with Crippen LogP contribution in [0.4, 0.5) is 0 Å². The Morgan fingerprint density at radius 3 is 2.83 bits per heavy atom. The van der Waals surface area contributed by atoms with Crippen molar-refractivity contribution >= 4 is 16.8 Å². The molecule has 1 aliphatic carbocycles. The molecule has 2 unspecified atom stereocenters. The fourth-order valence-corrected chi connectivity index (χ4v) is 2.57. The van der Waals surface area contributed by atoms with Crippen LogP contribution in [0.2, 0.25) is 0 Å². The molecule has 4 heteroatoms. The summed E-state index contributed by atoms with van der Waals surface area (Å²) in [6, 6.07) is 7.54. The maximum absolute atomic E-state index is 11.4. The van der Waals surface area contributed by atoms with Gasteiger partial charge < -0.3 is 10.7 Å². The zero-order valence-electron chi connectivity index (χ0n) is 10.0. The van der Waals surface area contributed by atoms with E-state index in [2.05, 4.69) is 18.0 Å². The maximum atomic E-state index is 11.4. The molecule has 18 heavy (non-hydrogen) atoms. The van der Waals surface area contributed by atoms with Crippen molar-refractivity contribution in [3.8, 4) is 6.07 Å². The van der Waals surface area contributed by atoms with Crippen LogP contribution < -0.4 is 5.73 Å². The molecule has 0 saturated heterocycles. The Hall–Kier alpha value is -2.28. The predicted octanol–water partition coefficient (Wildman–Crippen LogP) is 2.26. The second-order valence-electron chi connectivity index (χ2n) is 4.94. The number of primary amides is 1. The highest BCUT2D eigenvalue weighted by molar-refractivity contribution is 6.06. The van der Waals surface area contributed by atoms with Crippen molar-refractivity contribution in [1.29, 1.82) is 5.26 Å². The number of rotatable bonds is 2. The first-order valence-electron chi connectivity index (χ1n) is 5.98. The molecule has 1 aliphatic rings. The van der Waals surface area contributed by atoms with E-state index < -0.39 is 5.91 Å². The summed E-state index contributed by atoms with van der Waals surface area (Å²) in [6.07, 6.45) is 1.09. The zero-order valence-corrected chi connectivity index (χ0v) is 10.0. The number of nitrogens with zero attached hydrogens (tertiary/aromatic N) is 1. The van der Waals surface area contributed by atoms with E-state index in [1.54, 1.807) is 12.1 Å². The van der Waals surface area contributed by atoms with Crippen molar-refractivity contribution in [2.24, 2.45) is 11.7 Å². The average molecular weight is 239 g/mol. The Bertz CT molecular complexity index is 693. The number of nitriles is 1. The van der Waals surface area contributed by atoms with E-state index in [4.69, 9.17) is 5.73 Å². The maximum Gasteiger partial charge on any atom is 0.250 e. The van der Waals surface area contributed by atoms with Gasteiger partial charge in [0, 0.05) is 17.0 Å². The zero-order chi connectivity index (χ0) is 12.9. The van der Waals surface area contributed by atoms with Gasteiger partial charge in [-0.15, -0.1) is 0 Å². The summed E-state index contributed by atoms with van der Waals surface area (Å²) in [5, 5.41) is 10.1. The number of carbonyl (C=O) groups excluding carboxylic acids is 1. The SMILES string of the molecule is CC1CC1c1[nH]c2c(C(N)=O)cccc2c1C#N. The molecule has 0 bridgehead atoms. The van der Waals surface area contributed by atoms with E-state index >= 15 is 0 Å². The molecule has 2 aromatic rings. The van der Waals surface area contributed by atoms with Gasteiger partial charge in [0.05, 0.1) is 16.6 Å². The molecule has 0 spiro atoms. The predicted molar refractivity (Wildman–Crippen MR) is 68.1 cm³/mol. The van der Waals surface area contributed by atoms with Crippen LogP contribution in [0.15, 0.2) is 18.2 Å². The lowest BCUT2D eigenvalue weighted by molar-refractivity contribution is 0.100. The minimum absolute atomic E-state index is 0.410. The van der Waals surface area contributed by atoms with Crippen molar-refractivity contribution in [3.05, 3.63) is 35.0 Å². The number of benzene rings is 1. The number of hydrogen-bond donors (Lipinski definition) is 2. The van der Waals surface area contributed by atoms with Crippen LogP contribution in [0.1, 0.15) is 40.9 Å². The van der Waals surface area contributed by atoms with Gasteiger partial charge in [0.25, 0.3) is 5.91 Å². The van der Waals surface area contributed by atoms with Crippen molar-refractivity contribution < 1.29 is 4.79 Å². The Balaban J connectivity index is 2.30. The van der Waals surface area contributed by atoms with Gasteiger partial charge in [-0.1, -0.05) is 19.1 Å². The summed E-state index contributed by atoms with van der Waals surface area (Å²) >= 11 is 0. The normalized spacial score (nSPS) is 21.8. The lowest BCUT2D eigenvalue weighted by Crippen LogP contribution is -2.11. The third kappa shape index (κ3) is 1.41. The van der Waals surface area contributed by atoms with Gasteiger partial charge in [-0.2, -0.15) is 5.26 Å². The molecule has 1 aromatic carbocycles. The molecule has 4 nitrogen and oxygen atoms in total. The van der Waals surface area contributed by atoms with Crippen molar-refractivity contribution in [2.45, 2.75) is 19.3 Å². The first-order valence-corrected chi connectivity index (χ1v) is 5.98. The summed E-state index contributed by atoms with van der Waals surface area (Å²) in [4.78, 5) is 14.6. The number of fused-ring (bicyclic) bond motifs is 1. The highest BCUT2D eigenvalue weighted by Gasteiger charge is 2.37. The highest BCUT2D eigenvalue weighted by atomic mass is 16.1. The Kier molecular flexibility index (Phi) is 2.17. The summed E-state index contributed by atoms with van der Waals surface area (Å²) in [6.45, 7) is 2.16. The molecular weight excluding hydrogens is 226 g/mol. The Morgan fingerprint density at radius 1 is 1.56 bits per heavy atom. The van der Waals surface area contributed by atoms with E-state index in [0.29, 0.717) is 28.5 Å². The van der Waals surface area contributed by atoms with E-state index in [-0.39, 0.29) is 0 Å². The summed E-state index contributed by atoms with van der Waals surface area (Å²) < 4.78 is 0. The lowest BCUT2D eigenvalue weighted by atomic mass is 10.1. The first-order chi connectivity index (χ1) is 8.63. The molecule has 1 amide bonds. The number of nitrogens with one attached hydrogen (secondary N) is 1. The molecule has 1 fully saturated rings. The second kappa shape index (κ2) is 3.61. The van der Waals surface area contributed by atoms with Crippen molar-refractivity contribution in [1.82, 2.24) is 4.98 Å². The standard InChI is InChI=1S/C14H13N3O/c1-7-5-10(7)13-11(6-15)8-3-2-4-9(14(16)18)12(8)17-13/h2-4,7,10,17H,5H2,1H3,(H2,16,18). The first kappa shape index (κ1) is 10.8.